The van der Waals surface area contributed by atoms with Gasteiger partial charge in [0.15, 0.2) is 5.13 Å². The van der Waals surface area contributed by atoms with Gasteiger partial charge < -0.3 is 15.0 Å². The Morgan fingerprint density at radius 2 is 2.15 bits per heavy atom. The van der Waals surface area contributed by atoms with Gasteiger partial charge in [0.1, 0.15) is 0 Å². The molecule has 1 aromatic carbocycles. The second kappa shape index (κ2) is 5.66. The number of piperidine rings is 1. The van der Waals surface area contributed by atoms with Gasteiger partial charge in [-0.15, -0.1) is 0 Å². The first-order valence-corrected chi connectivity index (χ1v) is 7.53. The summed E-state index contributed by atoms with van der Waals surface area (Å²) in [5.74, 6) is 0. The molecular weight excluding hydrogens is 274 g/mol. The minimum absolute atomic E-state index is 0.233. The van der Waals surface area contributed by atoms with Crippen LogP contribution in [0.5, 0.6) is 0 Å². The zero-order valence-corrected chi connectivity index (χ0v) is 12.2. The second-order valence-electron chi connectivity index (χ2n) is 4.86. The standard InChI is InChI=1S/C14H17N3O2S/c1-19-14(18)17-8-6-10(7-9-17)15-13-16-11-4-2-3-5-12(11)20-13/h2-5,10H,6-9H2,1H3,(H,15,16). The van der Waals surface area contributed by atoms with Crippen LogP contribution in [0.3, 0.4) is 0 Å². The number of carbonyl (C=O) groups is 1. The van der Waals surface area contributed by atoms with E-state index in [9.17, 15) is 4.79 Å². The van der Waals surface area contributed by atoms with Crippen LogP contribution in [0, 0.1) is 0 Å². The second-order valence-corrected chi connectivity index (χ2v) is 5.89. The summed E-state index contributed by atoms with van der Waals surface area (Å²) in [5.41, 5.74) is 1.03. The highest BCUT2D eigenvalue weighted by molar-refractivity contribution is 7.22. The van der Waals surface area contributed by atoms with Crippen molar-refractivity contribution in [1.82, 2.24) is 9.88 Å². The van der Waals surface area contributed by atoms with Crippen molar-refractivity contribution >= 4 is 32.8 Å². The largest absolute Gasteiger partial charge is 0.453 e. The first kappa shape index (κ1) is 13.2. The van der Waals surface area contributed by atoms with Crippen molar-refractivity contribution in [3.8, 4) is 0 Å². The highest BCUT2D eigenvalue weighted by atomic mass is 32.1. The fourth-order valence-corrected chi connectivity index (χ4v) is 3.39. The predicted octanol–water partition coefficient (Wildman–Crippen LogP) is 2.94. The topological polar surface area (TPSA) is 54.5 Å². The molecular formula is C14H17N3O2S. The lowest BCUT2D eigenvalue weighted by molar-refractivity contribution is 0.113. The van der Waals surface area contributed by atoms with Crippen LogP contribution in [-0.2, 0) is 4.74 Å². The van der Waals surface area contributed by atoms with Gasteiger partial charge in [-0.05, 0) is 25.0 Å². The summed E-state index contributed by atoms with van der Waals surface area (Å²) in [4.78, 5) is 17.7. The van der Waals surface area contributed by atoms with Crippen molar-refractivity contribution in [2.24, 2.45) is 0 Å². The van der Waals surface area contributed by atoms with E-state index in [0.29, 0.717) is 6.04 Å². The molecule has 1 amide bonds. The van der Waals surface area contributed by atoms with Crippen molar-refractivity contribution in [2.45, 2.75) is 18.9 Å². The third-order valence-corrected chi connectivity index (χ3v) is 4.52. The van der Waals surface area contributed by atoms with Crippen LogP contribution < -0.4 is 5.32 Å². The van der Waals surface area contributed by atoms with Crippen molar-refractivity contribution in [3.05, 3.63) is 24.3 Å². The summed E-state index contributed by atoms with van der Waals surface area (Å²) in [6.07, 6.45) is 1.61. The molecule has 0 radical (unpaired) electrons. The number of nitrogens with one attached hydrogen (secondary N) is 1. The minimum Gasteiger partial charge on any atom is -0.453 e. The van der Waals surface area contributed by atoms with Gasteiger partial charge in [0.25, 0.3) is 0 Å². The predicted molar refractivity (Wildman–Crippen MR) is 80.2 cm³/mol. The van der Waals surface area contributed by atoms with E-state index >= 15 is 0 Å². The highest BCUT2D eigenvalue weighted by Crippen LogP contribution is 2.27. The van der Waals surface area contributed by atoms with Crippen LogP contribution >= 0.6 is 11.3 Å². The third-order valence-electron chi connectivity index (χ3n) is 3.55. The fraction of sp³-hybridized carbons (Fsp3) is 0.429. The smallest absolute Gasteiger partial charge is 0.409 e. The number of amides is 1. The Hall–Kier alpha value is -1.82. The van der Waals surface area contributed by atoms with Gasteiger partial charge in [-0.3, -0.25) is 0 Å². The van der Waals surface area contributed by atoms with Crippen LogP contribution in [0.1, 0.15) is 12.8 Å². The zero-order valence-electron chi connectivity index (χ0n) is 11.3. The number of benzene rings is 1. The first-order valence-electron chi connectivity index (χ1n) is 6.71. The van der Waals surface area contributed by atoms with Gasteiger partial charge in [-0.1, -0.05) is 23.5 Å². The number of thiazole rings is 1. The molecule has 0 bridgehead atoms. The van der Waals surface area contributed by atoms with E-state index in [1.54, 1.807) is 16.2 Å². The van der Waals surface area contributed by atoms with Crippen molar-refractivity contribution in [1.29, 1.82) is 0 Å². The average Bonchev–Trinajstić information content (AvgIpc) is 2.89. The maximum Gasteiger partial charge on any atom is 0.409 e. The number of ether oxygens (including phenoxy) is 1. The molecule has 1 aliphatic heterocycles. The summed E-state index contributed by atoms with van der Waals surface area (Å²) in [6, 6.07) is 8.51. The molecule has 1 saturated heterocycles. The van der Waals surface area contributed by atoms with Crippen LogP contribution in [0.4, 0.5) is 9.93 Å². The maximum absolute atomic E-state index is 11.4. The average molecular weight is 291 g/mol. The number of hydrogen-bond donors (Lipinski definition) is 1. The Labute approximate surface area is 121 Å². The van der Waals surface area contributed by atoms with Crippen LogP contribution in [0.15, 0.2) is 24.3 Å². The molecule has 0 atom stereocenters. The molecule has 106 valence electrons. The SMILES string of the molecule is COC(=O)N1CCC(Nc2nc3ccccc3s2)CC1. The third kappa shape index (κ3) is 2.70. The highest BCUT2D eigenvalue weighted by Gasteiger charge is 2.23. The first-order chi connectivity index (χ1) is 9.76. The number of nitrogens with zero attached hydrogens (tertiary/aromatic N) is 2. The van der Waals surface area contributed by atoms with Crippen molar-refractivity contribution in [3.63, 3.8) is 0 Å². The molecule has 1 N–H and O–H groups in total. The van der Waals surface area contributed by atoms with Gasteiger partial charge in [0, 0.05) is 19.1 Å². The molecule has 1 aromatic heterocycles. The van der Waals surface area contributed by atoms with E-state index in [1.165, 1.54) is 11.8 Å². The van der Waals surface area contributed by atoms with E-state index in [2.05, 4.69) is 16.4 Å². The van der Waals surface area contributed by atoms with Crippen LogP contribution in [-0.4, -0.2) is 42.2 Å². The van der Waals surface area contributed by atoms with Gasteiger partial charge >= 0.3 is 6.09 Å². The van der Waals surface area contributed by atoms with E-state index in [1.807, 2.05) is 18.2 Å². The number of rotatable bonds is 2. The van der Waals surface area contributed by atoms with E-state index in [0.717, 1.165) is 36.6 Å². The molecule has 2 aromatic rings. The molecule has 0 saturated carbocycles. The fourth-order valence-electron chi connectivity index (χ4n) is 2.44. The van der Waals surface area contributed by atoms with Crippen LogP contribution in [0.2, 0.25) is 0 Å². The lowest BCUT2D eigenvalue weighted by Gasteiger charge is -2.31. The minimum atomic E-state index is -0.233. The van der Waals surface area contributed by atoms with Gasteiger partial charge in [0.2, 0.25) is 0 Å². The van der Waals surface area contributed by atoms with Crippen LogP contribution in [0.25, 0.3) is 10.2 Å². The summed E-state index contributed by atoms with van der Waals surface area (Å²) in [5, 5.41) is 4.44. The Kier molecular flexibility index (Phi) is 3.73. The normalized spacial score (nSPS) is 16.4. The number of anilines is 1. The number of fused-ring (bicyclic) bond motifs is 1. The molecule has 5 nitrogen and oxygen atoms in total. The summed E-state index contributed by atoms with van der Waals surface area (Å²) in [6.45, 7) is 1.46. The quantitative estimate of drug-likeness (QED) is 0.924. The lowest BCUT2D eigenvalue weighted by Crippen LogP contribution is -2.42. The Morgan fingerprint density at radius 1 is 1.40 bits per heavy atom. The van der Waals surface area contributed by atoms with Gasteiger partial charge in [0.05, 0.1) is 17.3 Å². The van der Waals surface area contributed by atoms with Gasteiger partial charge in [-0.25, -0.2) is 9.78 Å². The van der Waals surface area contributed by atoms with E-state index in [4.69, 9.17) is 4.74 Å². The number of methoxy groups -OCH3 is 1. The number of aromatic nitrogens is 1. The Balaban J connectivity index is 1.60. The number of para-hydroxylation sites is 1. The van der Waals surface area contributed by atoms with E-state index < -0.39 is 0 Å². The molecule has 0 aliphatic carbocycles. The Morgan fingerprint density at radius 3 is 2.85 bits per heavy atom. The maximum atomic E-state index is 11.4. The van der Waals surface area contributed by atoms with Crippen molar-refractivity contribution in [2.75, 3.05) is 25.5 Å². The molecule has 2 heterocycles. The van der Waals surface area contributed by atoms with Crippen molar-refractivity contribution < 1.29 is 9.53 Å². The Bertz CT molecular complexity index is 572. The summed E-state index contributed by atoms with van der Waals surface area (Å²) >= 11 is 1.68. The molecule has 0 unspecified atom stereocenters. The molecule has 20 heavy (non-hydrogen) atoms. The molecule has 3 rings (SSSR count). The molecule has 6 heteroatoms. The monoisotopic (exact) mass is 291 g/mol. The number of likely N-dealkylation sites (tertiary alicyclic amines) is 1. The summed E-state index contributed by atoms with van der Waals surface area (Å²) in [7, 11) is 1.42. The van der Waals surface area contributed by atoms with E-state index in [-0.39, 0.29) is 6.09 Å². The van der Waals surface area contributed by atoms with Gasteiger partial charge in [-0.2, -0.15) is 0 Å². The zero-order chi connectivity index (χ0) is 13.9. The number of hydrogen-bond acceptors (Lipinski definition) is 5. The molecule has 1 fully saturated rings. The molecule has 1 aliphatic rings. The molecule has 0 spiro atoms. The number of carbonyl (C=O) groups excluding carboxylic acids is 1. The lowest BCUT2D eigenvalue weighted by atomic mass is 10.1. The summed E-state index contributed by atoms with van der Waals surface area (Å²) < 4.78 is 5.94.